The van der Waals surface area contributed by atoms with Crippen LogP contribution in [0.5, 0.6) is 0 Å². The third kappa shape index (κ3) is 35.7. The molecule has 5 nitrogen and oxygen atoms in total. The van der Waals surface area contributed by atoms with Gasteiger partial charge in [-0.15, -0.1) is 0 Å². The number of rotatable bonds is 42. The summed E-state index contributed by atoms with van der Waals surface area (Å²) in [5, 5.41) is 0.343. The van der Waals surface area contributed by atoms with E-state index in [1.807, 2.05) is 0 Å². The number of hydrogen-bond acceptors (Lipinski definition) is 6. The molecule has 0 aliphatic carbocycles. The molecule has 0 aromatic carbocycles. The quantitative estimate of drug-likeness (QED) is 0.0489. The summed E-state index contributed by atoms with van der Waals surface area (Å²) in [4.78, 5) is 12.5. The van der Waals surface area contributed by atoms with Gasteiger partial charge in [0.2, 0.25) is 0 Å². The van der Waals surface area contributed by atoms with Crippen LogP contribution >= 0.6 is 11.8 Å². The van der Waals surface area contributed by atoms with Gasteiger partial charge in [0.05, 0.1) is 0 Å². The van der Waals surface area contributed by atoms with Crippen LogP contribution < -0.4 is 5.48 Å². The third-order valence-corrected chi connectivity index (χ3v) is 15.6. The van der Waals surface area contributed by atoms with Crippen molar-refractivity contribution in [2.24, 2.45) is 5.92 Å². The topological polar surface area (TPSA) is 56.8 Å². The normalized spacial score (nSPS) is 17.8. The van der Waals surface area contributed by atoms with Gasteiger partial charge in [0.15, 0.2) is 5.12 Å². The van der Waals surface area contributed by atoms with Crippen molar-refractivity contribution < 1.29 is 18.2 Å². The average Bonchev–Trinajstić information content (AvgIpc) is 3.18. The van der Waals surface area contributed by atoms with E-state index in [0.717, 1.165) is 57.2 Å². The van der Waals surface area contributed by atoms with E-state index in [-0.39, 0.29) is 0 Å². The van der Waals surface area contributed by atoms with Crippen molar-refractivity contribution in [3.8, 4) is 0 Å². The standard InChI is InChI=1S/C48H97NO4SSi/c1-4-7-10-13-15-17-19-21-22-23-25-27-29-31-34-37-42-51-55(45-38-44-54-48(50)40-36-32-12-9-6-3)52-43-41-47(46-49-53-55)39-35-33-30-28-26-24-20-18-16-14-11-8-5-2/h47,49H,4-46H2,1-3H3. The lowest BCUT2D eigenvalue weighted by molar-refractivity contribution is -0.111. The smallest absolute Gasteiger partial charge is 0.373 e. The monoisotopic (exact) mass is 812 g/mol. The molecule has 1 N–H and O–H groups in total. The molecule has 1 saturated heterocycles. The Kier molecular flexibility index (Phi) is 40.7. The maximum absolute atomic E-state index is 12.5. The molecule has 0 aromatic rings. The summed E-state index contributed by atoms with van der Waals surface area (Å²) in [6.07, 6.45) is 50.1. The molecular formula is C48H97NO4SSi. The van der Waals surface area contributed by atoms with Gasteiger partial charge in [-0.1, -0.05) is 238 Å². The number of carbonyl (C=O) groups excluding carboxylic acids is 1. The summed E-state index contributed by atoms with van der Waals surface area (Å²) < 4.78 is 19.6. The lowest BCUT2D eigenvalue weighted by Crippen LogP contribution is -2.52. The van der Waals surface area contributed by atoms with E-state index in [1.54, 1.807) is 0 Å². The minimum Gasteiger partial charge on any atom is -0.373 e. The van der Waals surface area contributed by atoms with Crippen LogP contribution in [0.15, 0.2) is 0 Å². The van der Waals surface area contributed by atoms with E-state index in [9.17, 15) is 4.79 Å². The van der Waals surface area contributed by atoms with Gasteiger partial charge in [-0.25, -0.2) is 5.48 Å². The largest absolute Gasteiger partial charge is 0.517 e. The summed E-state index contributed by atoms with van der Waals surface area (Å²) in [5.41, 5.74) is 3.36. The van der Waals surface area contributed by atoms with Crippen molar-refractivity contribution in [3.05, 3.63) is 0 Å². The predicted octanol–water partition coefficient (Wildman–Crippen LogP) is 16.3. The minimum atomic E-state index is -2.82. The number of nitrogens with one attached hydrogen (secondary N) is 1. The van der Waals surface area contributed by atoms with Crippen LogP contribution in [-0.4, -0.2) is 39.4 Å². The fraction of sp³-hybridized carbons (Fsp3) is 0.979. The average molecular weight is 812 g/mol. The molecule has 0 radical (unpaired) electrons. The van der Waals surface area contributed by atoms with Crippen LogP contribution in [0, 0.1) is 5.92 Å². The van der Waals surface area contributed by atoms with E-state index in [0.29, 0.717) is 17.5 Å². The zero-order valence-corrected chi connectivity index (χ0v) is 39.3. The van der Waals surface area contributed by atoms with E-state index in [4.69, 9.17) is 13.4 Å². The minimum absolute atomic E-state index is 0.343. The van der Waals surface area contributed by atoms with E-state index < -0.39 is 8.80 Å². The highest BCUT2D eigenvalue weighted by atomic mass is 32.2. The third-order valence-electron chi connectivity index (χ3n) is 11.9. The molecule has 0 aromatic heterocycles. The summed E-state index contributed by atoms with van der Waals surface area (Å²) >= 11 is 1.51. The van der Waals surface area contributed by atoms with Gasteiger partial charge in [-0.2, -0.15) is 0 Å². The molecule has 0 saturated carbocycles. The molecule has 1 fully saturated rings. The van der Waals surface area contributed by atoms with Crippen molar-refractivity contribution in [1.29, 1.82) is 0 Å². The molecule has 1 aliphatic rings. The Morgan fingerprint density at radius 3 is 1.45 bits per heavy atom. The Bertz CT molecular complexity index is 774. The highest BCUT2D eigenvalue weighted by Gasteiger charge is 2.42. The highest BCUT2D eigenvalue weighted by Crippen LogP contribution is 2.25. The molecule has 328 valence electrons. The Hall–Kier alpha value is 0.0769. The maximum atomic E-state index is 12.5. The van der Waals surface area contributed by atoms with Gasteiger partial charge < -0.3 is 8.85 Å². The molecule has 2 atom stereocenters. The lowest BCUT2D eigenvalue weighted by atomic mass is 9.97. The number of thioether (sulfide) groups is 1. The zero-order chi connectivity index (χ0) is 39.6. The summed E-state index contributed by atoms with van der Waals surface area (Å²) in [7, 11) is -2.82. The summed E-state index contributed by atoms with van der Waals surface area (Å²) in [5.74, 6) is 1.44. The van der Waals surface area contributed by atoms with Crippen molar-refractivity contribution in [2.45, 2.75) is 271 Å². The number of carbonyl (C=O) groups is 1. The van der Waals surface area contributed by atoms with Crippen LogP contribution in [0.25, 0.3) is 0 Å². The molecule has 0 spiro atoms. The van der Waals surface area contributed by atoms with E-state index >= 15 is 0 Å². The van der Waals surface area contributed by atoms with Crippen molar-refractivity contribution in [1.82, 2.24) is 5.48 Å². The molecule has 0 amide bonds. The Morgan fingerprint density at radius 2 is 0.982 bits per heavy atom. The first-order valence-electron chi connectivity index (χ1n) is 25.0. The number of unbranched alkanes of at least 4 members (excludes halogenated alkanes) is 31. The van der Waals surface area contributed by atoms with Crippen LogP contribution in [0.1, 0.15) is 265 Å². The first-order chi connectivity index (χ1) is 27.2. The maximum Gasteiger partial charge on any atom is 0.517 e. The van der Waals surface area contributed by atoms with Gasteiger partial charge in [-0.05, 0) is 38.0 Å². The van der Waals surface area contributed by atoms with Gasteiger partial charge in [-0.3, -0.25) is 9.32 Å². The summed E-state index contributed by atoms with van der Waals surface area (Å²) in [6, 6.07) is 0.791. The van der Waals surface area contributed by atoms with Crippen LogP contribution in [-0.2, 0) is 18.2 Å². The lowest BCUT2D eigenvalue weighted by Gasteiger charge is -2.33. The molecule has 2 unspecified atom stereocenters. The van der Waals surface area contributed by atoms with Gasteiger partial charge in [0, 0.05) is 38.0 Å². The Morgan fingerprint density at radius 1 is 0.564 bits per heavy atom. The fourth-order valence-corrected chi connectivity index (χ4v) is 11.5. The molecule has 55 heavy (non-hydrogen) atoms. The van der Waals surface area contributed by atoms with E-state index in [1.165, 1.54) is 224 Å². The second kappa shape index (κ2) is 42.2. The highest BCUT2D eigenvalue weighted by molar-refractivity contribution is 8.13. The first kappa shape index (κ1) is 53.1. The van der Waals surface area contributed by atoms with Crippen molar-refractivity contribution in [3.63, 3.8) is 0 Å². The molecule has 7 heteroatoms. The van der Waals surface area contributed by atoms with Crippen LogP contribution in [0.4, 0.5) is 0 Å². The molecular weight excluding hydrogens is 715 g/mol. The SMILES string of the molecule is CCCCCCCCCCCCCCCCCCO[Si]1(CCCSC(=O)CCCCCCC)OCCC(CCCCCCCCCCCCCCC)CNO1. The second-order valence-corrected chi connectivity index (χ2v) is 21.1. The molecule has 1 rings (SSSR count). The van der Waals surface area contributed by atoms with Crippen LogP contribution in [0.3, 0.4) is 0 Å². The second-order valence-electron chi connectivity index (χ2n) is 17.3. The van der Waals surface area contributed by atoms with Crippen molar-refractivity contribution in [2.75, 3.05) is 25.5 Å². The number of hydroxylamine groups is 1. The molecule has 0 bridgehead atoms. The summed E-state index contributed by atoms with van der Waals surface area (Å²) in [6.45, 7) is 9.18. The van der Waals surface area contributed by atoms with Gasteiger partial charge in [0.1, 0.15) is 0 Å². The Balaban J connectivity index is 2.28. The van der Waals surface area contributed by atoms with Crippen molar-refractivity contribution >= 4 is 25.7 Å². The number of hydrogen-bond donors (Lipinski definition) is 1. The van der Waals surface area contributed by atoms with Crippen LogP contribution in [0.2, 0.25) is 6.04 Å². The van der Waals surface area contributed by atoms with Gasteiger partial charge >= 0.3 is 8.80 Å². The zero-order valence-electron chi connectivity index (χ0n) is 37.5. The molecule has 1 aliphatic heterocycles. The predicted molar refractivity (Wildman–Crippen MR) is 245 cm³/mol. The van der Waals surface area contributed by atoms with E-state index in [2.05, 4.69) is 26.3 Å². The molecule has 1 heterocycles. The fourth-order valence-electron chi connectivity index (χ4n) is 8.04. The Labute approximate surface area is 350 Å². The first-order valence-corrected chi connectivity index (χ1v) is 27.9. The van der Waals surface area contributed by atoms with Gasteiger partial charge in [0.25, 0.3) is 0 Å².